The number of hydrogen-bond donors (Lipinski definition) is 0. The molecule has 0 aromatic heterocycles. The Bertz CT molecular complexity index is 143. The third-order valence-corrected chi connectivity index (χ3v) is 1.78. The van der Waals surface area contributed by atoms with Crippen molar-refractivity contribution >= 4 is 5.97 Å². The number of esters is 1. The molecule has 9 heavy (non-hydrogen) atoms. The van der Waals surface area contributed by atoms with Crippen LogP contribution in [0, 0.1) is 0 Å². The van der Waals surface area contributed by atoms with E-state index < -0.39 is 0 Å². The first kappa shape index (κ1) is 5.23. The summed E-state index contributed by atoms with van der Waals surface area (Å²) < 4.78 is 10.0. The molecule has 0 radical (unpaired) electrons. The zero-order valence-electron chi connectivity index (χ0n) is 5.00. The van der Waals surface area contributed by atoms with Gasteiger partial charge in [0.25, 0.3) is 0 Å². The fourth-order valence-electron chi connectivity index (χ4n) is 1.28. The van der Waals surface area contributed by atoms with Gasteiger partial charge in [-0.15, -0.1) is 0 Å². The van der Waals surface area contributed by atoms with Crippen LogP contribution in [0.4, 0.5) is 0 Å². The molecule has 0 aromatic carbocycles. The number of rotatable bonds is 0. The fourth-order valence-corrected chi connectivity index (χ4v) is 1.28. The first-order chi connectivity index (χ1) is 4.36. The Kier molecular flexibility index (Phi) is 0.990. The van der Waals surface area contributed by atoms with Crippen molar-refractivity contribution in [1.29, 1.82) is 0 Å². The molecule has 2 aliphatic rings. The summed E-state index contributed by atoms with van der Waals surface area (Å²) in [5.41, 5.74) is 0. The van der Waals surface area contributed by atoms with Gasteiger partial charge in [0.2, 0.25) is 0 Å². The van der Waals surface area contributed by atoms with Crippen LogP contribution in [-0.4, -0.2) is 24.8 Å². The number of carbonyl (C=O) groups is 1. The largest absolute Gasteiger partial charge is 0.460 e. The normalized spacial score (nSPS) is 40.7. The predicted octanol–water partition coefficient (Wildman–Crippen LogP) is 0.0908. The summed E-state index contributed by atoms with van der Waals surface area (Å²) in [6.07, 6.45) is 1.58. The van der Waals surface area contributed by atoms with E-state index in [1.54, 1.807) is 0 Å². The molecule has 0 spiro atoms. The lowest BCUT2D eigenvalue weighted by Crippen LogP contribution is -2.22. The molecule has 2 bridgehead atoms. The zero-order chi connectivity index (χ0) is 6.27. The number of ether oxygens (including phenoxy) is 2. The first-order valence-corrected chi connectivity index (χ1v) is 3.18. The van der Waals surface area contributed by atoms with Gasteiger partial charge in [-0.2, -0.15) is 0 Å². The maximum Gasteiger partial charge on any atom is 0.335 e. The molecule has 0 N–H and O–H groups in total. The van der Waals surface area contributed by atoms with Gasteiger partial charge in [-0.05, 0) is 0 Å². The second-order valence-corrected chi connectivity index (χ2v) is 2.44. The van der Waals surface area contributed by atoms with Crippen LogP contribution in [0.2, 0.25) is 0 Å². The third kappa shape index (κ3) is 0.721. The van der Waals surface area contributed by atoms with Crippen molar-refractivity contribution in [2.24, 2.45) is 0 Å². The minimum Gasteiger partial charge on any atom is -0.460 e. The average molecular weight is 128 g/mol. The summed E-state index contributed by atoms with van der Waals surface area (Å²) in [7, 11) is 0. The number of fused-ring (bicyclic) bond motifs is 2. The monoisotopic (exact) mass is 128 g/mol. The molecule has 0 saturated carbocycles. The van der Waals surface area contributed by atoms with Crippen molar-refractivity contribution in [3.63, 3.8) is 0 Å². The van der Waals surface area contributed by atoms with Gasteiger partial charge in [0.15, 0.2) is 6.10 Å². The molecule has 0 amide bonds. The Morgan fingerprint density at radius 3 is 3.11 bits per heavy atom. The summed E-state index contributed by atoms with van der Waals surface area (Å²) in [4.78, 5) is 10.7. The summed E-state index contributed by atoms with van der Waals surface area (Å²) in [5, 5.41) is 0. The summed E-state index contributed by atoms with van der Waals surface area (Å²) in [6, 6.07) is 0. The van der Waals surface area contributed by atoms with E-state index >= 15 is 0 Å². The molecular formula is C6H8O3. The molecule has 2 atom stereocenters. The van der Waals surface area contributed by atoms with Crippen LogP contribution < -0.4 is 0 Å². The molecule has 0 aliphatic carbocycles. The molecule has 0 aromatic rings. The van der Waals surface area contributed by atoms with Crippen LogP contribution >= 0.6 is 0 Å². The highest BCUT2D eigenvalue weighted by Crippen LogP contribution is 2.24. The molecule has 2 aliphatic heterocycles. The van der Waals surface area contributed by atoms with Crippen molar-refractivity contribution in [3.8, 4) is 0 Å². The van der Waals surface area contributed by atoms with E-state index in [1.165, 1.54) is 0 Å². The van der Waals surface area contributed by atoms with E-state index in [1.807, 2.05) is 0 Å². The van der Waals surface area contributed by atoms with Crippen molar-refractivity contribution in [2.45, 2.75) is 25.0 Å². The van der Waals surface area contributed by atoms with E-state index in [2.05, 4.69) is 0 Å². The van der Waals surface area contributed by atoms with Crippen molar-refractivity contribution < 1.29 is 14.3 Å². The van der Waals surface area contributed by atoms with Gasteiger partial charge in [0.1, 0.15) is 6.10 Å². The van der Waals surface area contributed by atoms with Gasteiger partial charge in [0.05, 0.1) is 6.61 Å². The summed E-state index contributed by atoms with van der Waals surface area (Å²) in [6.45, 7) is 0.682. The highest BCUT2D eigenvalue weighted by molar-refractivity contribution is 5.77. The van der Waals surface area contributed by atoms with Gasteiger partial charge in [-0.25, -0.2) is 4.79 Å². The lowest BCUT2D eigenvalue weighted by molar-refractivity contribution is -0.146. The third-order valence-electron chi connectivity index (χ3n) is 1.78. The fraction of sp³-hybridized carbons (Fsp3) is 0.833. The molecular weight excluding hydrogens is 120 g/mol. The molecule has 2 saturated heterocycles. The van der Waals surface area contributed by atoms with Crippen molar-refractivity contribution in [3.05, 3.63) is 0 Å². The first-order valence-electron chi connectivity index (χ1n) is 3.18. The second-order valence-electron chi connectivity index (χ2n) is 2.44. The standard InChI is InChI=1S/C6H8O3/c7-6-5-3-4(9-6)1-2-8-5/h4-5H,1-3H2/t4-,5+/m0/s1. The Balaban J connectivity index is 2.15. The maximum atomic E-state index is 10.7. The van der Waals surface area contributed by atoms with Crippen LogP contribution in [0.1, 0.15) is 12.8 Å². The van der Waals surface area contributed by atoms with Gasteiger partial charge in [-0.3, -0.25) is 0 Å². The lowest BCUT2D eigenvalue weighted by Gasteiger charge is -2.13. The van der Waals surface area contributed by atoms with Crippen LogP contribution in [0.25, 0.3) is 0 Å². The molecule has 50 valence electrons. The quantitative estimate of drug-likeness (QED) is 0.434. The number of carbonyl (C=O) groups excluding carboxylic acids is 1. The Labute approximate surface area is 52.9 Å². The molecule has 2 rings (SSSR count). The molecule has 2 heterocycles. The molecule has 3 heteroatoms. The van der Waals surface area contributed by atoms with E-state index in [-0.39, 0.29) is 18.2 Å². The van der Waals surface area contributed by atoms with Crippen molar-refractivity contribution in [1.82, 2.24) is 0 Å². The Hall–Kier alpha value is -0.570. The molecule has 2 fully saturated rings. The average Bonchev–Trinajstić information content (AvgIpc) is 2.09. The van der Waals surface area contributed by atoms with Crippen molar-refractivity contribution in [2.75, 3.05) is 6.61 Å². The predicted molar refractivity (Wildman–Crippen MR) is 28.9 cm³/mol. The van der Waals surface area contributed by atoms with E-state index in [0.29, 0.717) is 6.61 Å². The topological polar surface area (TPSA) is 35.5 Å². The van der Waals surface area contributed by atoms with E-state index in [0.717, 1.165) is 12.8 Å². The van der Waals surface area contributed by atoms with Crippen LogP contribution in [0.3, 0.4) is 0 Å². The Morgan fingerprint density at radius 2 is 2.44 bits per heavy atom. The summed E-state index contributed by atoms with van der Waals surface area (Å²) >= 11 is 0. The van der Waals surface area contributed by atoms with Crippen LogP contribution in [0.15, 0.2) is 0 Å². The minimum absolute atomic E-state index is 0.163. The van der Waals surface area contributed by atoms with Gasteiger partial charge in [0, 0.05) is 12.8 Å². The highest BCUT2D eigenvalue weighted by Gasteiger charge is 2.38. The highest BCUT2D eigenvalue weighted by atomic mass is 16.6. The van der Waals surface area contributed by atoms with E-state index in [9.17, 15) is 4.79 Å². The van der Waals surface area contributed by atoms with Crippen LogP contribution in [-0.2, 0) is 14.3 Å². The van der Waals surface area contributed by atoms with Gasteiger partial charge in [-0.1, -0.05) is 0 Å². The summed E-state index contributed by atoms with van der Waals surface area (Å²) in [5.74, 6) is -0.169. The Morgan fingerprint density at radius 1 is 1.56 bits per heavy atom. The lowest BCUT2D eigenvalue weighted by atomic mass is 10.1. The van der Waals surface area contributed by atoms with Gasteiger partial charge < -0.3 is 9.47 Å². The SMILES string of the molecule is O=C1O[C@H]2CCO[C@@H]1C2. The van der Waals surface area contributed by atoms with Gasteiger partial charge >= 0.3 is 5.97 Å². The number of hydrogen-bond acceptors (Lipinski definition) is 3. The maximum absolute atomic E-state index is 10.7. The molecule has 0 unspecified atom stereocenters. The molecule has 3 nitrogen and oxygen atoms in total. The zero-order valence-corrected chi connectivity index (χ0v) is 5.00. The van der Waals surface area contributed by atoms with E-state index in [4.69, 9.17) is 9.47 Å². The smallest absolute Gasteiger partial charge is 0.335 e. The second kappa shape index (κ2) is 1.70. The van der Waals surface area contributed by atoms with Crippen LogP contribution in [0.5, 0.6) is 0 Å². The minimum atomic E-state index is -0.233.